The van der Waals surface area contributed by atoms with Crippen LogP contribution in [0.15, 0.2) is 77.7 Å². The van der Waals surface area contributed by atoms with Crippen LogP contribution in [0, 0.1) is 12.8 Å². The predicted molar refractivity (Wildman–Crippen MR) is 161 cm³/mol. The van der Waals surface area contributed by atoms with Crippen molar-refractivity contribution < 1.29 is 18.0 Å². The monoisotopic (exact) mass is 603 g/mol. The van der Waals surface area contributed by atoms with Crippen molar-refractivity contribution in [2.45, 2.75) is 51.6 Å². The molecular weight excluding hydrogens is 569 g/mol. The van der Waals surface area contributed by atoms with E-state index in [1.54, 1.807) is 18.2 Å². The molecule has 0 fully saturated rings. The predicted octanol–water partition coefficient (Wildman–Crippen LogP) is 6.08. The second-order valence-electron chi connectivity index (χ2n) is 9.99. The Morgan fingerprint density at radius 3 is 2.17 bits per heavy atom. The lowest BCUT2D eigenvalue weighted by molar-refractivity contribution is -0.140. The van der Waals surface area contributed by atoms with E-state index in [9.17, 15) is 18.0 Å². The zero-order valence-corrected chi connectivity index (χ0v) is 25.4. The number of nitrogens with zero attached hydrogens (tertiary/aromatic N) is 2. The highest BCUT2D eigenvalue weighted by atomic mass is 35.5. The van der Waals surface area contributed by atoms with E-state index >= 15 is 0 Å². The number of anilines is 1. The van der Waals surface area contributed by atoms with Crippen molar-refractivity contribution in [2.75, 3.05) is 17.4 Å². The van der Waals surface area contributed by atoms with Crippen LogP contribution in [0.5, 0.6) is 0 Å². The molecular formula is C30H35Cl2N3O4S. The lowest BCUT2D eigenvalue weighted by Gasteiger charge is -2.33. The third-order valence-electron chi connectivity index (χ3n) is 6.33. The summed E-state index contributed by atoms with van der Waals surface area (Å²) in [6.07, 6.45) is 0.342. The molecule has 0 bridgehead atoms. The molecule has 1 N–H and O–H groups in total. The fourth-order valence-corrected chi connectivity index (χ4v) is 6.16. The van der Waals surface area contributed by atoms with E-state index in [4.69, 9.17) is 23.2 Å². The van der Waals surface area contributed by atoms with Crippen LogP contribution in [0.1, 0.15) is 38.3 Å². The minimum atomic E-state index is -4.21. The Hall–Kier alpha value is -3.07. The van der Waals surface area contributed by atoms with Crippen molar-refractivity contribution in [2.24, 2.45) is 5.92 Å². The molecule has 2 amide bonds. The van der Waals surface area contributed by atoms with Gasteiger partial charge in [-0.3, -0.25) is 13.9 Å². The van der Waals surface area contributed by atoms with Gasteiger partial charge >= 0.3 is 0 Å². The largest absolute Gasteiger partial charge is 0.354 e. The molecule has 3 aromatic carbocycles. The molecule has 0 aliphatic heterocycles. The number of hydrogen-bond donors (Lipinski definition) is 1. The second-order valence-corrected chi connectivity index (χ2v) is 12.7. The summed E-state index contributed by atoms with van der Waals surface area (Å²) < 4.78 is 28.7. The normalized spacial score (nSPS) is 12.2. The van der Waals surface area contributed by atoms with Gasteiger partial charge < -0.3 is 10.2 Å². The van der Waals surface area contributed by atoms with Gasteiger partial charge in [-0.2, -0.15) is 0 Å². The van der Waals surface area contributed by atoms with Gasteiger partial charge in [-0.15, -0.1) is 0 Å². The third-order valence-corrected chi connectivity index (χ3v) is 8.64. The van der Waals surface area contributed by atoms with E-state index < -0.39 is 28.5 Å². The summed E-state index contributed by atoms with van der Waals surface area (Å²) in [7, 11) is -4.21. The van der Waals surface area contributed by atoms with E-state index in [-0.39, 0.29) is 34.0 Å². The highest BCUT2D eigenvalue weighted by Gasteiger charge is 2.34. The first-order valence-electron chi connectivity index (χ1n) is 13.1. The maximum atomic E-state index is 14.1. The molecule has 3 rings (SSSR count). The average molecular weight is 605 g/mol. The number of halogens is 2. The van der Waals surface area contributed by atoms with Crippen molar-refractivity contribution in [3.63, 3.8) is 0 Å². The maximum absolute atomic E-state index is 14.1. The first kappa shape index (κ1) is 31.5. The van der Waals surface area contributed by atoms with Gasteiger partial charge in [-0.05, 0) is 55.2 Å². The fraction of sp³-hybridized carbons (Fsp3) is 0.333. The summed E-state index contributed by atoms with van der Waals surface area (Å²) in [5, 5.41) is 3.32. The molecule has 1 unspecified atom stereocenters. The SMILES string of the molecule is CCC(C(=O)NCC(C)C)N(Cc1ccc(C)cc1)C(=O)CN(c1ccc(Cl)cc1Cl)S(=O)(=O)c1ccccc1. The van der Waals surface area contributed by atoms with E-state index in [1.165, 1.54) is 35.2 Å². The minimum absolute atomic E-state index is 0.000573. The van der Waals surface area contributed by atoms with Crippen LogP contribution in [0.4, 0.5) is 5.69 Å². The van der Waals surface area contributed by atoms with Crippen LogP contribution in [-0.4, -0.2) is 44.3 Å². The number of amides is 2. The highest BCUT2D eigenvalue weighted by molar-refractivity contribution is 7.92. The van der Waals surface area contributed by atoms with E-state index in [0.29, 0.717) is 18.0 Å². The number of nitrogens with one attached hydrogen (secondary N) is 1. The average Bonchev–Trinajstić information content (AvgIpc) is 2.92. The molecule has 0 heterocycles. The van der Waals surface area contributed by atoms with Crippen molar-refractivity contribution in [1.82, 2.24) is 10.2 Å². The van der Waals surface area contributed by atoms with Crippen LogP contribution < -0.4 is 9.62 Å². The number of hydrogen-bond acceptors (Lipinski definition) is 4. The molecule has 0 aliphatic carbocycles. The summed E-state index contributed by atoms with van der Waals surface area (Å²) in [6.45, 7) is 7.76. The Bertz CT molecular complexity index is 1410. The number of carbonyl (C=O) groups is 2. The first-order chi connectivity index (χ1) is 18.9. The van der Waals surface area contributed by atoms with Crippen LogP contribution in [-0.2, 0) is 26.2 Å². The highest BCUT2D eigenvalue weighted by Crippen LogP contribution is 2.33. The van der Waals surface area contributed by atoms with Crippen molar-refractivity contribution in [1.29, 1.82) is 0 Å². The van der Waals surface area contributed by atoms with Crippen LogP contribution in [0.2, 0.25) is 10.0 Å². The molecule has 3 aromatic rings. The van der Waals surface area contributed by atoms with Crippen LogP contribution in [0.25, 0.3) is 0 Å². The Morgan fingerprint density at radius 2 is 1.60 bits per heavy atom. The topological polar surface area (TPSA) is 86.8 Å². The molecule has 0 aliphatic rings. The van der Waals surface area contributed by atoms with Gasteiger partial charge in [0.2, 0.25) is 11.8 Å². The number of benzene rings is 3. The summed E-state index contributed by atoms with van der Waals surface area (Å²) >= 11 is 12.5. The molecule has 40 heavy (non-hydrogen) atoms. The van der Waals surface area contributed by atoms with Crippen molar-refractivity contribution in [3.8, 4) is 0 Å². The summed E-state index contributed by atoms with van der Waals surface area (Å²) in [5.41, 5.74) is 1.98. The zero-order valence-electron chi connectivity index (χ0n) is 23.1. The van der Waals surface area contributed by atoms with Gasteiger partial charge in [-0.1, -0.05) is 92.0 Å². The lowest BCUT2D eigenvalue weighted by Crippen LogP contribution is -2.52. The number of sulfonamides is 1. The molecule has 0 spiro atoms. The Kier molecular flexibility index (Phi) is 11.0. The van der Waals surface area contributed by atoms with Gasteiger partial charge in [-0.25, -0.2) is 8.42 Å². The molecule has 0 radical (unpaired) electrons. The summed E-state index contributed by atoms with van der Waals surface area (Å²) in [4.78, 5) is 28.8. The maximum Gasteiger partial charge on any atom is 0.264 e. The number of aryl methyl sites for hydroxylation is 1. The van der Waals surface area contributed by atoms with Gasteiger partial charge in [0, 0.05) is 18.1 Å². The fourth-order valence-electron chi connectivity index (χ4n) is 4.15. The Balaban J connectivity index is 2.06. The summed E-state index contributed by atoms with van der Waals surface area (Å²) in [5.74, 6) is -0.613. The molecule has 0 saturated carbocycles. The molecule has 0 aromatic heterocycles. The molecule has 7 nitrogen and oxygen atoms in total. The number of rotatable bonds is 12. The van der Waals surface area contributed by atoms with Gasteiger partial charge in [0.15, 0.2) is 0 Å². The lowest BCUT2D eigenvalue weighted by atomic mass is 10.1. The number of carbonyl (C=O) groups excluding carboxylic acids is 2. The van der Waals surface area contributed by atoms with Gasteiger partial charge in [0.1, 0.15) is 12.6 Å². The van der Waals surface area contributed by atoms with Crippen LogP contribution >= 0.6 is 23.2 Å². The summed E-state index contributed by atoms with van der Waals surface area (Å²) in [6, 6.07) is 19.1. The van der Waals surface area contributed by atoms with E-state index in [2.05, 4.69) is 5.32 Å². The third kappa shape index (κ3) is 7.99. The molecule has 10 heteroatoms. The second kappa shape index (κ2) is 14.0. The van der Waals surface area contributed by atoms with E-state index in [1.807, 2.05) is 52.0 Å². The van der Waals surface area contributed by atoms with Crippen molar-refractivity contribution >= 4 is 50.7 Å². The smallest absolute Gasteiger partial charge is 0.264 e. The Morgan fingerprint density at radius 1 is 0.950 bits per heavy atom. The van der Waals surface area contributed by atoms with Crippen LogP contribution in [0.3, 0.4) is 0 Å². The standard InChI is InChI=1S/C30H35Cl2N3O4S/c1-5-27(30(37)33-18-21(2)3)34(19-23-13-11-22(4)12-14-23)29(36)20-35(28-16-15-24(31)17-26(28)32)40(38,39)25-9-7-6-8-10-25/h6-17,21,27H,5,18-20H2,1-4H3,(H,33,37). The van der Waals surface area contributed by atoms with Gasteiger partial charge in [0.25, 0.3) is 10.0 Å². The van der Waals surface area contributed by atoms with E-state index in [0.717, 1.165) is 15.4 Å². The van der Waals surface area contributed by atoms with Crippen molar-refractivity contribution in [3.05, 3.63) is 94.0 Å². The molecule has 214 valence electrons. The zero-order chi connectivity index (χ0) is 29.4. The molecule has 1 atom stereocenters. The molecule has 0 saturated heterocycles. The minimum Gasteiger partial charge on any atom is -0.354 e. The quantitative estimate of drug-likeness (QED) is 0.272. The first-order valence-corrected chi connectivity index (χ1v) is 15.3. The van der Waals surface area contributed by atoms with Gasteiger partial charge in [0.05, 0.1) is 15.6 Å². The Labute approximate surface area is 247 Å².